The summed E-state index contributed by atoms with van der Waals surface area (Å²) in [6.07, 6.45) is 7.75. The number of benzene rings is 5. The molecule has 2 heterocycles. The van der Waals surface area contributed by atoms with Crippen molar-refractivity contribution >= 4 is 49.3 Å². The van der Waals surface area contributed by atoms with Gasteiger partial charge in [0.25, 0.3) is 0 Å². The summed E-state index contributed by atoms with van der Waals surface area (Å²) in [7, 11) is 0. The largest absolute Gasteiger partial charge is 0.512 e. The van der Waals surface area contributed by atoms with Crippen molar-refractivity contribution in [3.8, 4) is 22.4 Å². The molecule has 4 nitrogen and oxygen atoms in total. The van der Waals surface area contributed by atoms with Crippen LogP contribution in [0.5, 0.6) is 0 Å². The Morgan fingerprint density at radius 1 is 0.712 bits per heavy atom. The number of fused-ring (bicyclic) bond motifs is 6. The molecule has 0 aliphatic rings. The number of hydrogen-bond acceptors (Lipinski definition) is 4. The molecule has 7 rings (SSSR count). The van der Waals surface area contributed by atoms with Gasteiger partial charge in [0.1, 0.15) is 5.58 Å². The number of pyridine rings is 1. The van der Waals surface area contributed by atoms with E-state index in [9.17, 15) is 9.90 Å². The number of nitrogens with zero attached hydrogens (tertiary/aromatic N) is 1. The van der Waals surface area contributed by atoms with E-state index in [1.165, 1.54) is 44.5 Å². The van der Waals surface area contributed by atoms with E-state index in [4.69, 9.17) is 9.40 Å². The second-order valence-corrected chi connectivity index (χ2v) is 17.0. The minimum absolute atomic E-state index is 0. The quantitative estimate of drug-likeness (QED) is 0.0541. The van der Waals surface area contributed by atoms with Crippen LogP contribution in [0, 0.1) is 23.8 Å². The summed E-state index contributed by atoms with van der Waals surface area (Å²) in [6.45, 7) is 21.7. The predicted molar refractivity (Wildman–Crippen MR) is 247 cm³/mol. The van der Waals surface area contributed by atoms with Crippen LogP contribution in [0.4, 0.5) is 0 Å². The van der Waals surface area contributed by atoms with Crippen molar-refractivity contribution in [1.29, 1.82) is 0 Å². The molecule has 5 aromatic carbocycles. The number of ketones is 1. The van der Waals surface area contributed by atoms with Gasteiger partial charge in [-0.05, 0) is 118 Å². The van der Waals surface area contributed by atoms with Crippen molar-refractivity contribution < 1.29 is 34.4 Å². The van der Waals surface area contributed by atoms with E-state index in [2.05, 4.69) is 126 Å². The third-order valence-corrected chi connectivity index (χ3v) is 11.9. The molecule has 59 heavy (non-hydrogen) atoms. The van der Waals surface area contributed by atoms with Crippen LogP contribution in [0.1, 0.15) is 123 Å². The maximum atomic E-state index is 11.7. The van der Waals surface area contributed by atoms with Gasteiger partial charge in [0.05, 0.1) is 11.3 Å². The molecule has 1 N–H and O–H groups in total. The van der Waals surface area contributed by atoms with Gasteiger partial charge in [0.2, 0.25) is 0 Å². The molecule has 0 spiro atoms. The molecular formula is C54H62IrNO3-. The molecule has 1 radical (unpaired) electrons. The van der Waals surface area contributed by atoms with Crippen LogP contribution in [0.15, 0.2) is 107 Å². The first-order valence-corrected chi connectivity index (χ1v) is 21.7. The minimum atomic E-state index is 0. The van der Waals surface area contributed by atoms with Crippen LogP contribution in [0.25, 0.3) is 65.9 Å². The predicted octanol–water partition coefficient (Wildman–Crippen LogP) is 15.7. The molecule has 0 amide bonds. The zero-order chi connectivity index (χ0) is 41.7. The normalized spacial score (nSPS) is 12.1. The Balaban J connectivity index is 0.000000355. The first-order valence-electron chi connectivity index (χ1n) is 21.7. The number of allylic oxidation sites excluding steroid dienone is 2. The zero-order valence-corrected chi connectivity index (χ0v) is 39.1. The van der Waals surface area contributed by atoms with Gasteiger partial charge < -0.3 is 14.5 Å². The van der Waals surface area contributed by atoms with Crippen molar-refractivity contribution in [3.63, 3.8) is 0 Å². The van der Waals surface area contributed by atoms with Gasteiger partial charge >= 0.3 is 0 Å². The number of aliphatic hydroxyl groups excluding tert-OH is 1. The number of aromatic nitrogens is 1. The van der Waals surface area contributed by atoms with E-state index in [0.29, 0.717) is 17.8 Å². The zero-order valence-electron chi connectivity index (χ0n) is 36.7. The van der Waals surface area contributed by atoms with E-state index in [1.807, 2.05) is 40.0 Å². The third-order valence-electron chi connectivity index (χ3n) is 11.9. The molecule has 2 aromatic heterocycles. The van der Waals surface area contributed by atoms with E-state index in [1.54, 1.807) is 0 Å². The SMILES string of the molecule is CC(C)Cc1[c-]c(-c2nccc3c2ccc2cc(-c4c(C(C)C)cccc4C(C)C)ccc23)cc2c1oc1ccccc12.CCC(CC)C(=O)/C=C(\O)C(CC)CC.[Ir]. The molecule has 311 valence electrons. The molecule has 0 saturated heterocycles. The molecular weight excluding hydrogens is 903 g/mol. The van der Waals surface area contributed by atoms with Crippen molar-refractivity contribution in [3.05, 3.63) is 126 Å². The number of aliphatic hydroxyl groups is 1. The van der Waals surface area contributed by atoms with Crippen molar-refractivity contribution in [1.82, 2.24) is 4.98 Å². The topological polar surface area (TPSA) is 63.3 Å². The number of carbonyl (C=O) groups is 1. The van der Waals surface area contributed by atoms with Crippen LogP contribution < -0.4 is 0 Å². The number of carbonyl (C=O) groups excluding carboxylic acids is 1. The fourth-order valence-corrected chi connectivity index (χ4v) is 8.54. The van der Waals surface area contributed by atoms with Gasteiger partial charge in [-0.3, -0.25) is 4.79 Å². The Bertz CT molecular complexity index is 2540. The van der Waals surface area contributed by atoms with E-state index in [0.717, 1.165) is 76.2 Å². The first-order chi connectivity index (χ1) is 27.9. The van der Waals surface area contributed by atoms with Gasteiger partial charge in [-0.15, -0.1) is 17.7 Å². The molecule has 5 heteroatoms. The van der Waals surface area contributed by atoms with Gasteiger partial charge in [0, 0.05) is 49.6 Å². The van der Waals surface area contributed by atoms with Crippen LogP contribution in [-0.4, -0.2) is 15.9 Å². The molecule has 0 atom stereocenters. The number of para-hydroxylation sites is 1. The van der Waals surface area contributed by atoms with Crippen LogP contribution in [0.2, 0.25) is 0 Å². The Labute approximate surface area is 365 Å². The molecule has 0 bridgehead atoms. The average Bonchev–Trinajstić information content (AvgIpc) is 3.60. The number of hydrogen-bond donors (Lipinski definition) is 1. The molecule has 0 aliphatic heterocycles. The summed E-state index contributed by atoms with van der Waals surface area (Å²) in [4.78, 5) is 16.7. The minimum Gasteiger partial charge on any atom is -0.512 e. The molecule has 0 saturated carbocycles. The summed E-state index contributed by atoms with van der Waals surface area (Å²) in [6, 6.07) is 34.7. The number of furan rings is 1. The second kappa shape index (κ2) is 20.1. The first kappa shape index (κ1) is 45.5. The third kappa shape index (κ3) is 9.74. The molecule has 0 aliphatic carbocycles. The van der Waals surface area contributed by atoms with Crippen LogP contribution in [-0.2, 0) is 31.3 Å². The summed E-state index contributed by atoms with van der Waals surface area (Å²) in [5.41, 5.74) is 10.5. The van der Waals surface area contributed by atoms with Crippen LogP contribution >= 0.6 is 0 Å². The maximum Gasteiger partial charge on any atom is 0.162 e. The van der Waals surface area contributed by atoms with E-state index >= 15 is 0 Å². The summed E-state index contributed by atoms with van der Waals surface area (Å²) < 4.78 is 6.36. The molecule has 0 fully saturated rings. The monoisotopic (exact) mass is 965 g/mol. The summed E-state index contributed by atoms with van der Waals surface area (Å²) in [5.74, 6) is 1.94. The molecule has 7 aromatic rings. The van der Waals surface area contributed by atoms with Gasteiger partial charge in [-0.1, -0.05) is 141 Å². The summed E-state index contributed by atoms with van der Waals surface area (Å²) >= 11 is 0. The average molecular weight is 965 g/mol. The maximum absolute atomic E-state index is 11.7. The molecule has 0 unspecified atom stereocenters. The van der Waals surface area contributed by atoms with Crippen molar-refractivity contribution in [2.24, 2.45) is 17.8 Å². The number of rotatable bonds is 13. The van der Waals surface area contributed by atoms with Crippen LogP contribution in [0.3, 0.4) is 0 Å². The Morgan fingerprint density at radius 3 is 1.98 bits per heavy atom. The fraction of sp³-hybridized carbons (Fsp3) is 0.370. The van der Waals surface area contributed by atoms with E-state index < -0.39 is 0 Å². The standard InChI is InChI=1S/C41H38NO.C13H24O2.Ir/c1-24(2)20-30-22-29(23-37-35-10-7-8-13-38(35)43-41(30)37)40-36-17-14-27-21-28(15-16-33(27)34(36)18-19-42-40)39-31(25(3)4)11-9-12-32(39)26(5)6;1-5-10(6-2)12(14)9-13(15)11(7-3)8-4;/h7-19,21,23-26H,20H2,1-6H3;9-11,14H,5-8H2,1-4H3;/q-1;;/b;12-9-;. The van der Waals surface area contributed by atoms with Gasteiger partial charge in [-0.25, -0.2) is 0 Å². The Kier molecular flexibility index (Phi) is 15.5. The second-order valence-electron chi connectivity index (χ2n) is 17.0. The van der Waals surface area contributed by atoms with Gasteiger partial charge in [-0.2, -0.15) is 0 Å². The van der Waals surface area contributed by atoms with Crippen molar-refractivity contribution in [2.75, 3.05) is 0 Å². The smallest absolute Gasteiger partial charge is 0.162 e. The van der Waals surface area contributed by atoms with E-state index in [-0.39, 0.29) is 43.5 Å². The Hall–Kier alpha value is -4.57. The Morgan fingerprint density at radius 2 is 1.36 bits per heavy atom. The van der Waals surface area contributed by atoms with Crippen molar-refractivity contribution in [2.45, 2.75) is 113 Å². The summed E-state index contributed by atoms with van der Waals surface area (Å²) in [5, 5.41) is 16.9. The fourth-order valence-electron chi connectivity index (χ4n) is 8.54. The van der Waals surface area contributed by atoms with Gasteiger partial charge in [0.15, 0.2) is 5.78 Å².